The molecule has 3 nitrogen and oxygen atoms in total. The van der Waals surface area contributed by atoms with Gasteiger partial charge in [0.25, 0.3) is 0 Å². The Balaban J connectivity index is 1.13. The Morgan fingerprint density at radius 1 is 0.365 bits per heavy atom. The molecule has 0 spiro atoms. The first kappa shape index (κ1) is 28.9. The smallest absolute Gasteiger partial charge is 0.127 e. The molecule has 0 radical (unpaired) electrons. The maximum absolute atomic E-state index is 6.17. The number of benzene rings is 8. The number of rotatable bonds is 4. The Hall–Kier alpha value is -6.84. The molecule has 0 N–H and O–H groups in total. The topological polar surface area (TPSA) is 19.1 Å². The summed E-state index contributed by atoms with van der Waals surface area (Å²) in [5, 5.41) is 4.98. The Morgan fingerprint density at radius 3 is 1.81 bits per heavy atom. The molecule has 0 unspecified atom stereocenters. The average Bonchev–Trinajstić information content (AvgIpc) is 3.73. The van der Waals surface area contributed by atoms with Gasteiger partial charge in [-0.2, -0.15) is 0 Å². The standard InChI is InChI=1S/C49H32N2O/c1-2-13-32(14-3-1)36-16-4-8-20-42(36)51-43-21-9-5-17-37(43)39-27-25-34(30-47(39)51)33-26-28-45-41(29-33)38-18-6-10-22-44(38)50(45)46-23-12-15-35-31-52-48-24-11-7-19-40(48)49(35)46/h1-30H,31H2. The summed E-state index contributed by atoms with van der Waals surface area (Å²) in [6.07, 6.45) is 0. The average molecular weight is 665 g/mol. The molecular weight excluding hydrogens is 633 g/mol. The minimum absolute atomic E-state index is 0.566. The maximum atomic E-state index is 6.17. The summed E-state index contributed by atoms with van der Waals surface area (Å²) in [6, 6.07) is 65.9. The third-order valence-corrected chi connectivity index (χ3v) is 10.8. The van der Waals surface area contributed by atoms with Gasteiger partial charge in [-0.05, 0) is 70.8 Å². The van der Waals surface area contributed by atoms with E-state index in [2.05, 4.69) is 185 Å². The van der Waals surface area contributed by atoms with Crippen LogP contribution in [0.2, 0.25) is 0 Å². The van der Waals surface area contributed by atoms with Crippen LogP contribution in [-0.2, 0) is 6.61 Å². The second-order valence-corrected chi connectivity index (χ2v) is 13.6. The fourth-order valence-corrected chi connectivity index (χ4v) is 8.51. The summed E-state index contributed by atoms with van der Waals surface area (Å²) >= 11 is 0. The van der Waals surface area contributed by atoms with Crippen molar-refractivity contribution in [1.82, 2.24) is 9.13 Å². The lowest BCUT2D eigenvalue weighted by molar-refractivity contribution is 0.302. The minimum atomic E-state index is 0.566. The van der Waals surface area contributed by atoms with Crippen molar-refractivity contribution in [3.05, 3.63) is 188 Å². The molecule has 52 heavy (non-hydrogen) atoms. The van der Waals surface area contributed by atoms with Crippen LogP contribution in [0, 0.1) is 0 Å². The largest absolute Gasteiger partial charge is 0.488 e. The van der Waals surface area contributed by atoms with Gasteiger partial charge in [0.1, 0.15) is 12.4 Å². The van der Waals surface area contributed by atoms with Crippen LogP contribution in [0.25, 0.3) is 88.4 Å². The lowest BCUT2D eigenvalue weighted by atomic mass is 9.95. The first-order chi connectivity index (χ1) is 25.8. The SMILES string of the molecule is c1ccc(-c2ccccc2-n2c3ccccc3c3ccc(-c4ccc5c(c4)c4ccccc4n5-c4cccc5c4-c4ccccc4OC5)cc32)cc1. The van der Waals surface area contributed by atoms with Gasteiger partial charge >= 0.3 is 0 Å². The van der Waals surface area contributed by atoms with Crippen LogP contribution in [0.3, 0.4) is 0 Å². The Morgan fingerprint density at radius 2 is 0.962 bits per heavy atom. The van der Waals surface area contributed by atoms with E-state index in [1.54, 1.807) is 0 Å². The second kappa shape index (κ2) is 11.3. The molecule has 0 saturated carbocycles. The zero-order chi connectivity index (χ0) is 34.2. The van der Waals surface area contributed by atoms with Crippen LogP contribution in [0.4, 0.5) is 0 Å². The third kappa shape index (κ3) is 4.26. The number of aromatic nitrogens is 2. The van der Waals surface area contributed by atoms with Crippen LogP contribution in [0.1, 0.15) is 5.56 Å². The monoisotopic (exact) mass is 664 g/mol. The Labute approximate surface area is 301 Å². The lowest BCUT2D eigenvalue weighted by Gasteiger charge is -2.24. The molecule has 1 aliphatic rings. The first-order valence-corrected chi connectivity index (χ1v) is 17.9. The Kier molecular flexibility index (Phi) is 6.31. The zero-order valence-corrected chi connectivity index (χ0v) is 28.3. The van der Waals surface area contributed by atoms with Gasteiger partial charge in [-0.15, -0.1) is 0 Å². The van der Waals surface area contributed by atoms with Crippen molar-refractivity contribution in [2.45, 2.75) is 6.61 Å². The summed E-state index contributed by atoms with van der Waals surface area (Å²) in [4.78, 5) is 0. The van der Waals surface area contributed by atoms with Gasteiger partial charge in [0.2, 0.25) is 0 Å². The molecule has 8 aromatic carbocycles. The normalized spacial score (nSPS) is 12.3. The van der Waals surface area contributed by atoms with Crippen molar-refractivity contribution in [3.8, 4) is 50.5 Å². The highest BCUT2D eigenvalue weighted by Crippen LogP contribution is 2.44. The summed E-state index contributed by atoms with van der Waals surface area (Å²) in [5.41, 5.74) is 15.5. The molecule has 2 aromatic heterocycles. The van der Waals surface area contributed by atoms with E-state index in [1.807, 2.05) is 6.07 Å². The predicted octanol–water partition coefficient (Wildman–Crippen LogP) is 12.8. The lowest BCUT2D eigenvalue weighted by Crippen LogP contribution is -2.08. The van der Waals surface area contributed by atoms with E-state index >= 15 is 0 Å². The molecule has 0 aliphatic carbocycles. The van der Waals surface area contributed by atoms with Gasteiger partial charge in [0.05, 0.1) is 33.4 Å². The van der Waals surface area contributed by atoms with Gasteiger partial charge in [0, 0.05) is 38.2 Å². The van der Waals surface area contributed by atoms with Crippen molar-refractivity contribution in [3.63, 3.8) is 0 Å². The van der Waals surface area contributed by atoms with E-state index in [0.717, 1.165) is 11.3 Å². The summed E-state index contributed by atoms with van der Waals surface area (Å²) < 4.78 is 11.1. The number of ether oxygens (including phenoxy) is 1. The number of para-hydroxylation sites is 4. The van der Waals surface area contributed by atoms with Crippen LogP contribution in [0.5, 0.6) is 5.75 Å². The molecule has 0 fully saturated rings. The van der Waals surface area contributed by atoms with E-state index in [1.165, 1.54) is 88.4 Å². The molecule has 0 bridgehead atoms. The van der Waals surface area contributed by atoms with E-state index in [9.17, 15) is 0 Å². The number of nitrogens with zero attached hydrogens (tertiary/aromatic N) is 2. The molecule has 3 heteroatoms. The van der Waals surface area contributed by atoms with Crippen molar-refractivity contribution < 1.29 is 4.74 Å². The van der Waals surface area contributed by atoms with Crippen LogP contribution in [0.15, 0.2) is 182 Å². The number of hydrogen-bond acceptors (Lipinski definition) is 1. The van der Waals surface area contributed by atoms with E-state index in [4.69, 9.17) is 4.74 Å². The van der Waals surface area contributed by atoms with Crippen molar-refractivity contribution >= 4 is 43.6 Å². The molecule has 0 amide bonds. The highest BCUT2D eigenvalue weighted by atomic mass is 16.5. The fourth-order valence-electron chi connectivity index (χ4n) is 8.51. The number of fused-ring (bicyclic) bond motifs is 9. The van der Waals surface area contributed by atoms with Gasteiger partial charge in [-0.25, -0.2) is 0 Å². The van der Waals surface area contributed by atoms with Crippen molar-refractivity contribution in [2.24, 2.45) is 0 Å². The van der Waals surface area contributed by atoms with E-state index in [0.29, 0.717) is 6.61 Å². The van der Waals surface area contributed by atoms with Gasteiger partial charge in [-0.3, -0.25) is 0 Å². The third-order valence-electron chi connectivity index (χ3n) is 10.8. The van der Waals surface area contributed by atoms with Gasteiger partial charge < -0.3 is 13.9 Å². The number of hydrogen-bond donors (Lipinski definition) is 0. The van der Waals surface area contributed by atoms with Gasteiger partial charge in [-0.1, -0.05) is 133 Å². The van der Waals surface area contributed by atoms with E-state index < -0.39 is 0 Å². The van der Waals surface area contributed by atoms with Gasteiger partial charge in [0.15, 0.2) is 0 Å². The fraction of sp³-hybridized carbons (Fsp3) is 0.0204. The van der Waals surface area contributed by atoms with E-state index in [-0.39, 0.29) is 0 Å². The highest BCUT2D eigenvalue weighted by Gasteiger charge is 2.23. The highest BCUT2D eigenvalue weighted by molar-refractivity contribution is 6.13. The summed E-state index contributed by atoms with van der Waals surface area (Å²) in [5.74, 6) is 0.935. The molecule has 3 heterocycles. The van der Waals surface area contributed by atoms with Crippen LogP contribution < -0.4 is 4.74 Å². The molecular formula is C49H32N2O. The molecule has 0 saturated heterocycles. The Bertz CT molecular complexity index is 3020. The molecule has 10 aromatic rings. The van der Waals surface area contributed by atoms with Crippen LogP contribution >= 0.6 is 0 Å². The second-order valence-electron chi connectivity index (χ2n) is 13.6. The first-order valence-electron chi connectivity index (χ1n) is 17.9. The minimum Gasteiger partial charge on any atom is -0.488 e. The van der Waals surface area contributed by atoms with Crippen molar-refractivity contribution in [2.75, 3.05) is 0 Å². The molecule has 244 valence electrons. The summed E-state index contributed by atoms with van der Waals surface area (Å²) in [7, 11) is 0. The molecule has 11 rings (SSSR count). The predicted molar refractivity (Wildman–Crippen MR) is 216 cm³/mol. The molecule has 1 aliphatic heterocycles. The summed E-state index contributed by atoms with van der Waals surface area (Å²) in [6.45, 7) is 0.566. The van der Waals surface area contributed by atoms with Crippen molar-refractivity contribution in [1.29, 1.82) is 0 Å². The quantitative estimate of drug-likeness (QED) is 0.183. The maximum Gasteiger partial charge on any atom is 0.127 e. The molecule has 0 atom stereocenters. The van der Waals surface area contributed by atoms with Crippen LogP contribution in [-0.4, -0.2) is 9.13 Å². The zero-order valence-electron chi connectivity index (χ0n) is 28.3.